The number of thioether (sulfide) groups is 1. The number of rotatable bonds is 7. The van der Waals surface area contributed by atoms with E-state index in [0.717, 1.165) is 12.1 Å². The third-order valence-electron chi connectivity index (χ3n) is 4.25. The van der Waals surface area contributed by atoms with Crippen LogP contribution in [0.3, 0.4) is 0 Å². The van der Waals surface area contributed by atoms with E-state index >= 15 is 0 Å². The largest absolute Gasteiger partial charge is 0.500 e. The number of hydrogen-bond donors (Lipinski definition) is 2. The molecule has 1 saturated heterocycles. The van der Waals surface area contributed by atoms with Gasteiger partial charge in [0, 0.05) is 11.8 Å². The van der Waals surface area contributed by atoms with Crippen molar-refractivity contribution in [3.8, 4) is 11.5 Å². The molecule has 10 nitrogen and oxygen atoms in total. The van der Waals surface area contributed by atoms with E-state index in [1.165, 1.54) is 24.3 Å². The number of benzene rings is 2. The molecule has 0 atom stereocenters. The lowest BCUT2D eigenvalue weighted by Crippen LogP contribution is -2.36. The van der Waals surface area contributed by atoms with Crippen molar-refractivity contribution < 1.29 is 33.5 Å². The second kappa shape index (κ2) is 9.88. The average molecular weight is 496 g/mol. The van der Waals surface area contributed by atoms with Crippen molar-refractivity contribution in [2.45, 2.75) is 6.92 Å². The molecule has 13 heteroatoms. The van der Waals surface area contributed by atoms with Crippen molar-refractivity contribution in [1.29, 1.82) is 0 Å². The smallest absolute Gasteiger partial charge is 0.315 e. The summed E-state index contributed by atoms with van der Waals surface area (Å²) in [5.41, 5.74) is -0.323. The molecule has 3 amide bonds. The molecule has 0 aromatic heterocycles. The lowest BCUT2D eigenvalue weighted by Gasteiger charge is -2.12. The number of anilines is 1. The van der Waals surface area contributed by atoms with E-state index in [0.29, 0.717) is 16.7 Å². The maximum atomic E-state index is 13.2. The van der Waals surface area contributed by atoms with Gasteiger partial charge in [-0.05, 0) is 54.6 Å². The number of ether oxygens (including phenoxy) is 1. The molecule has 0 saturated carbocycles. The van der Waals surface area contributed by atoms with Crippen LogP contribution in [-0.2, 0) is 9.59 Å². The molecule has 2 N–H and O–H groups in total. The van der Waals surface area contributed by atoms with Crippen molar-refractivity contribution in [3.63, 3.8) is 0 Å². The van der Waals surface area contributed by atoms with E-state index in [2.05, 4.69) is 5.32 Å². The molecule has 0 bridgehead atoms. The number of halogens is 2. The zero-order chi connectivity index (χ0) is 24.3. The molecule has 3 rings (SSSR count). The van der Waals surface area contributed by atoms with Crippen LogP contribution >= 0.6 is 23.4 Å². The van der Waals surface area contributed by atoms with Gasteiger partial charge in [-0.25, -0.2) is 4.39 Å². The Kier molecular flexibility index (Phi) is 7.19. The quantitative estimate of drug-likeness (QED) is 0.331. The van der Waals surface area contributed by atoms with Gasteiger partial charge in [0.1, 0.15) is 12.4 Å². The molecule has 172 valence electrons. The minimum atomic E-state index is -0.813. The summed E-state index contributed by atoms with van der Waals surface area (Å²) in [7, 11) is 0. The van der Waals surface area contributed by atoms with Crippen LogP contribution in [0.4, 0.5) is 20.6 Å². The summed E-state index contributed by atoms with van der Waals surface area (Å²) >= 11 is 6.20. The molecule has 33 heavy (non-hydrogen) atoms. The number of nitrogens with zero attached hydrogens (tertiary/aromatic N) is 2. The van der Waals surface area contributed by atoms with Crippen molar-refractivity contribution >= 4 is 57.9 Å². The second-order valence-electron chi connectivity index (χ2n) is 6.52. The third-order valence-corrected chi connectivity index (χ3v) is 5.45. The number of phenolic OH excluding ortho intramolecular Hbond substituents is 1. The number of phenols is 1. The topological polar surface area (TPSA) is 139 Å². The van der Waals surface area contributed by atoms with Gasteiger partial charge in [-0.3, -0.25) is 29.4 Å². The number of carbonyl (C=O) groups excluding carboxylic acids is 3. The first-order valence-corrected chi connectivity index (χ1v) is 10.4. The molecular formula is C20H15ClFN3O7S. The van der Waals surface area contributed by atoms with Gasteiger partial charge in [0.15, 0.2) is 5.75 Å². The Morgan fingerprint density at radius 2 is 2.09 bits per heavy atom. The number of nitro groups is 1. The first kappa shape index (κ1) is 24.0. The summed E-state index contributed by atoms with van der Waals surface area (Å²) in [6.45, 7) is 1.13. The van der Waals surface area contributed by atoms with Crippen LogP contribution in [0.1, 0.15) is 12.5 Å². The highest BCUT2D eigenvalue weighted by atomic mass is 35.5. The Morgan fingerprint density at radius 1 is 1.36 bits per heavy atom. The Hall–Kier alpha value is -3.64. The molecule has 1 aliphatic rings. The molecule has 2 aromatic carbocycles. The summed E-state index contributed by atoms with van der Waals surface area (Å²) in [5, 5.41) is 22.6. The van der Waals surface area contributed by atoms with Crippen molar-refractivity contribution in [2.24, 2.45) is 0 Å². The zero-order valence-electron chi connectivity index (χ0n) is 16.8. The fraction of sp³-hybridized carbons (Fsp3) is 0.150. The number of imide groups is 1. The molecule has 0 radical (unpaired) electrons. The predicted molar refractivity (Wildman–Crippen MR) is 119 cm³/mol. The van der Waals surface area contributed by atoms with Gasteiger partial charge in [-0.15, -0.1) is 0 Å². The van der Waals surface area contributed by atoms with Gasteiger partial charge >= 0.3 is 5.69 Å². The highest BCUT2D eigenvalue weighted by molar-refractivity contribution is 8.18. The van der Waals surface area contributed by atoms with Crippen LogP contribution in [0.25, 0.3) is 6.08 Å². The maximum Gasteiger partial charge on any atom is 0.315 e. The van der Waals surface area contributed by atoms with E-state index in [4.69, 9.17) is 16.3 Å². The van der Waals surface area contributed by atoms with Crippen LogP contribution in [-0.4, -0.2) is 45.1 Å². The van der Waals surface area contributed by atoms with Crippen LogP contribution < -0.4 is 10.1 Å². The summed E-state index contributed by atoms with van der Waals surface area (Å²) in [5.74, 6) is -3.00. The molecule has 1 aliphatic heterocycles. The fourth-order valence-corrected chi connectivity index (χ4v) is 3.83. The van der Waals surface area contributed by atoms with E-state index in [-0.39, 0.29) is 33.5 Å². The molecule has 0 unspecified atom stereocenters. The van der Waals surface area contributed by atoms with E-state index in [1.54, 1.807) is 6.92 Å². The summed E-state index contributed by atoms with van der Waals surface area (Å²) < 4.78 is 18.4. The Bertz CT molecular complexity index is 1200. The maximum absolute atomic E-state index is 13.2. The highest BCUT2D eigenvalue weighted by Crippen LogP contribution is 2.39. The molecular weight excluding hydrogens is 481 g/mol. The standard InChI is InChI=1S/C20H15ClFN3O7S/c1-2-32-15-6-10(5-14(18(15)27)25(30)31)7-16-19(28)24(20(29)33-16)9-17(26)23-11-3-4-13(22)12(21)8-11/h3-8,27H,2,9H2,1H3,(H,23,26)/b16-7-. The Balaban J connectivity index is 1.80. The highest BCUT2D eigenvalue weighted by Gasteiger charge is 2.36. The number of carbonyl (C=O) groups is 3. The summed E-state index contributed by atoms with van der Waals surface area (Å²) in [6.07, 6.45) is 1.22. The number of amides is 3. The number of hydrogen-bond acceptors (Lipinski definition) is 8. The van der Waals surface area contributed by atoms with Crippen LogP contribution in [0, 0.1) is 15.9 Å². The van der Waals surface area contributed by atoms with Gasteiger partial charge < -0.3 is 15.2 Å². The van der Waals surface area contributed by atoms with Crippen molar-refractivity contribution in [3.05, 3.63) is 61.8 Å². The molecule has 1 fully saturated rings. The van der Waals surface area contributed by atoms with Crippen molar-refractivity contribution in [2.75, 3.05) is 18.5 Å². The monoisotopic (exact) mass is 495 g/mol. The normalized spacial score (nSPS) is 14.6. The SMILES string of the molecule is CCOc1cc(/C=C2\SC(=O)N(CC(=O)Nc3ccc(F)c(Cl)c3)C2=O)cc([N+](=O)[O-])c1O. The second-order valence-corrected chi connectivity index (χ2v) is 7.92. The lowest BCUT2D eigenvalue weighted by molar-refractivity contribution is -0.386. The van der Waals surface area contributed by atoms with Crippen LogP contribution in [0.5, 0.6) is 11.5 Å². The van der Waals surface area contributed by atoms with Gasteiger partial charge in [-0.1, -0.05) is 11.6 Å². The van der Waals surface area contributed by atoms with Crippen LogP contribution in [0.2, 0.25) is 5.02 Å². The summed E-state index contributed by atoms with van der Waals surface area (Å²) in [6, 6.07) is 5.80. The molecule has 0 spiro atoms. The molecule has 0 aliphatic carbocycles. The minimum Gasteiger partial charge on any atom is -0.500 e. The third kappa shape index (κ3) is 5.41. The first-order chi connectivity index (χ1) is 15.6. The Morgan fingerprint density at radius 3 is 2.73 bits per heavy atom. The van der Waals surface area contributed by atoms with Gasteiger partial charge in [0.25, 0.3) is 11.1 Å². The van der Waals surface area contributed by atoms with E-state index < -0.39 is 45.8 Å². The van der Waals surface area contributed by atoms with Gasteiger partial charge in [0.05, 0.1) is 21.5 Å². The van der Waals surface area contributed by atoms with Gasteiger partial charge in [0.2, 0.25) is 11.7 Å². The lowest BCUT2D eigenvalue weighted by atomic mass is 10.1. The van der Waals surface area contributed by atoms with E-state index in [9.17, 15) is 34.0 Å². The van der Waals surface area contributed by atoms with Crippen molar-refractivity contribution in [1.82, 2.24) is 4.90 Å². The van der Waals surface area contributed by atoms with E-state index in [1.807, 2.05) is 0 Å². The number of nitro benzene ring substituents is 1. The van der Waals surface area contributed by atoms with Crippen LogP contribution in [0.15, 0.2) is 35.2 Å². The Labute approximate surface area is 195 Å². The fourth-order valence-electron chi connectivity index (χ4n) is 2.81. The summed E-state index contributed by atoms with van der Waals surface area (Å²) in [4.78, 5) is 48.2. The minimum absolute atomic E-state index is 0.0833. The predicted octanol–water partition coefficient (Wildman–Crippen LogP) is 4.17. The van der Waals surface area contributed by atoms with Gasteiger partial charge in [-0.2, -0.15) is 0 Å². The first-order valence-electron chi connectivity index (χ1n) is 9.25. The average Bonchev–Trinajstić information content (AvgIpc) is 3.00. The molecule has 1 heterocycles. The number of aromatic hydroxyl groups is 1. The molecule has 2 aromatic rings. The zero-order valence-corrected chi connectivity index (χ0v) is 18.4. The number of nitrogens with one attached hydrogen (secondary N) is 1.